The molecule has 2 aromatic carbocycles. The van der Waals surface area contributed by atoms with Crippen molar-refractivity contribution in [3.8, 4) is 5.75 Å². The molecule has 2 aromatic rings. The predicted octanol–water partition coefficient (Wildman–Crippen LogP) is 4.06. The van der Waals surface area contributed by atoms with Crippen molar-refractivity contribution in [1.29, 1.82) is 0 Å². The molecular formula is C17H19ClO2. The molecule has 0 aliphatic rings. The van der Waals surface area contributed by atoms with E-state index in [1.54, 1.807) is 13.2 Å². The first-order valence-corrected chi connectivity index (χ1v) is 7.05. The van der Waals surface area contributed by atoms with Gasteiger partial charge in [-0.1, -0.05) is 48.9 Å². The lowest BCUT2D eigenvalue weighted by atomic mass is 9.91. The molecule has 0 saturated heterocycles. The van der Waals surface area contributed by atoms with Crippen LogP contribution in [0, 0.1) is 0 Å². The lowest BCUT2D eigenvalue weighted by Gasteiger charge is -2.20. The van der Waals surface area contributed by atoms with Crippen LogP contribution in [0.15, 0.2) is 48.5 Å². The summed E-state index contributed by atoms with van der Waals surface area (Å²) in [5, 5.41) is 11.1. The standard InChI is InChI=1S/C17H19ClO2/c1-12(13-6-4-3-5-7-13)16(19)11-14-10-15(18)8-9-17(14)20-2/h3-10,12,16,19H,11H2,1-2H3. The molecule has 2 nitrogen and oxygen atoms in total. The van der Waals surface area contributed by atoms with Crippen molar-refractivity contribution in [2.24, 2.45) is 0 Å². The Morgan fingerprint density at radius 3 is 2.50 bits per heavy atom. The predicted molar refractivity (Wildman–Crippen MR) is 82.6 cm³/mol. The Morgan fingerprint density at radius 2 is 1.85 bits per heavy atom. The van der Waals surface area contributed by atoms with Crippen molar-refractivity contribution in [2.45, 2.75) is 25.4 Å². The monoisotopic (exact) mass is 290 g/mol. The van der Waals surface area contributed by atoms with Gasteiger partial charge >= 0.3 is 0 Å². The number of aliphatic hydroxyl groups excluding tert-OH is 1. The smallest absolute Gasteiger partial charge is 0.122 e. The Kier molecular flexibility index (Phi) is 5.05. The molecular weight excluding hydrogens is 272 g/mol. The minimum atomic E-state index is -0.482. The molecule has 0 heterocycles. The summed E-state index contributed by atoms with van der Waals surface area (Å²) in [5.41, 5.74) is 2.05. The van der Waals surface area contributed by atoms with Crippen LogP contribution < -0.4 is 4.74 Å². The fourth-order valence-corrected chi connectivity index (χ4v) is 2.48. The SMILES string of the molecule is COc1ccc(Cl)cc1CC(O)C(C)c1ccccc1. The Balaban J connectivity index is 2.15. The van der Waals surface area contributed by atoms with E-state index >= 15 is 0 Å². The molecule has 2 rings (SSSR count). The maximum atomic E-state index is 10.4. The molecule has 0 amide bonds. The van der Waals surface area contributed by atoms with Crippen LogP contribution in [0.25, 0.3) is 0 Å². The lowest BCUT2D eigenvalue weighted by molar-refractivity contribution is 0.148. The average Bonchev–Trinajstić information content (AvgIpc) is 2.47. The molecule has 2 unspecified atom stereocenters. The van der Waals surface area contributed by atoms with Gasteiger partial charge in [0.25, 0.3) is 0 Å². The number of rotatable bonds is 5. The van der Waals surface area contributed by atoms with Crippen LogP contribution in [-0.2, 0) is 6.42 Å². The highest BCUT2D eigenvalue weighted by atomic mass is 35.5. The van der Waals surface area contributed by atoms with Gasteiger partial charge in [-0.25, -0.2) is 0 Å². The van der Waals surface area contributed by atoms with E-state index in [1.165, 1.54) is 0 Å². The molecule has 0 bridgehead atoms. The zero-order chi connectivity index (χ0) is 14.5. The highest BCUT2D eigenvalue weighted by Gasteiger charge is 2.18. The highest BCUT2D eigenvalue weighted by molar-refractivity contribution is 6.30. The molecule has 0 spiro atoms. The Hall–Kier alpha value is -1.51. The van der Waals surface area contributed by atoms with Gasteiger partial charge in [-0.05, 0) is 29.3 Å². The summed E-state index contributed by atoms with van der Waals surface area (Å²) in [5.74, 6) is 0.814. The molecule has 1 N–H and O–H groups in total. The molecule has 0 aliphatic heterocycles. The maximum absolute atomic E-state index is 10.4. The molecule has 0 radical (unpaired) electrons. The minimum Gasteiger partial charge on any atom is -0.496 e. The summed E-state index contributed by atoms with van der Waals surface area (Å²) in [4.78, 5) is 0. The van der Waals surface area contributed by atoms with E-state index < -0.39 is 6.10 Å². The molecule has 106 valence electrons. The normalized spacial score (nSPS) is 13.8. The van der Waals surface area contributed by atoms with Crippen molar-refractivity contribution in [3.05, 3.63) is 64.7 Å². The topological polar surface area (TPSA) is 29.5 Å². The van der Waals surface area contributed by atoms with Crippen molar-refractivity contribution in [1.82, 2.24) is 0 Å². The number of aliphatic hydroxyl groups is 1. The molecule has 0 fully saturated rings. The second kappa shape index (κ2) is 6.78. The van der Waals surface area contributed by atoms with E-state index in [2.05, 4.69) is 0 Å². The first kappa shape index (κ1) is 14.9. The first-order valence-electron chi connectivity index (χ1n) is 6.67. The van der Waals surface area contributed by atoms with Crippen LogP contribution in [0.2, 0.25) is 5.02 Å². The summed E-state index contributed by atoms with van der Waals surface area (Å²) < 4.78 is 5.32. The number of hydrogen-bond donors (Lipinski definition) is 1. The first-order chi connectivity index (χ1) is 9.61. The van der Waals surface area contributed by atoms with Gasteiger partial charge in [-0.3, -0.25) is 0 Å². The van der Waals surface area contributed by atoms with Crippen molar-refractivity contribution >= 4 is 11.6 Å². The van der Waals surface area contributed by atoms with Crippen LogP contribution >= 0.6 is 11.6 Å². The second-order valence-corrected chi connectivity index (χ2v) is 5.36. The van der Waals surface area contributed by atoms with Crippen molar-refractivity contribution in [3.63, 3.8) is 0 Å². The molecule has 3 heteroatoms. The summed E-state index contributed by atoms with van der Waals surface area (Å²) in [6.07, 6.45) is 0.0320. The number of ether oxygens (including phenoxy) is 1. The minimum absolute atomic E-state index is 0.0555. The van der Waals surface area contributed by atoms with Gasteiger partial charge in [0.05, 0.1) is 13.2 Å². The molecule has 20 heavy (non-hydrogen) atoms. The van der Waals surface area contributed by atoms with Crippen LogP contribution in [0.1, 0.15) is 24.0 Å². The summed E-state index contributed by atoms with van der Waals surface area (Å²) in [6, 6.07) is 15.5. The van der Waals surface area contributed by atoms with E-state index in [0.29, 0.717) is 11.4 Å². The van der Waals surface area contributed by atoms with E-state index in [4.69, 9.17) is 16.3 Å². The quantitative estimate of drug-likeness (QED) is 0.900. The summed E-state index contributed by atoms with van der Waals surface area (Å²) in [6.45, 7) is 2.02. The molecule has 0 saturated carbocycles. The molecule has 0 aromatic heterocycles. The number of methoxy groups -OCH3 is 1. The third-order valence-electron chi connectivity index (χ3n) is 3.57. The Morgan fingerprint density at radius 1 is 1.15 bits per heavy atom. The third kappa shape index (κ3) is 3.53. The van der Waals surface area contributed by atoms with Crippen LogP contribution in [-0.4, -0.2) is 18.3 Å². The van der Waals surface area contributed by atoms with Crippen molar-refractivity contribution in [2.75, 3.05) is 7.11 Å². The van der Waals surface area contributed by atoms with E-state index in [-0.39, 0.29) is 5.92 Å². The van der Waals surface area contributed by atoms with Gasteiger partial charge in [0.2, 0.25) is 0 Å². The van der Waals surface area contributed by atoms with Crippen LogP contribution in [0.5, 0.6) is 5.75 Å². The fraction of sp³-hybridized carbons (Fsp3) is 0.294. The molecule has 2 atom stereocenters. The average molecular weight is 291 g/mol. The third-order valence-corrected chi connectivity index (χ3v) is 3.81. The second-order valence-electron chi connectivity index (χ2n) is 4.93. The van der Waals surface area contributed by atoms with Crippen LogP contribution in [0.3, 0.4) is 0 Å². The summed E-state index contributed by atoms with van der Waals surface area (Å²) in [7, 11) is 1.62. The van der Waals surface area contributed by atoms with Crippen molar-refractivity contribution < 1.29 is 9.84 Å². The molecule has 0 aliphatic carbocycles. The fourth-order valence-electron chi connectivity index (χ4n) is 2.29. The van der Waals surface area contributed by atoms with Gasteiger partial charge in [-0.2, -0.15) is 0 Å². The zero-order valence-corrected chi connectivity index (χ0v) is 12.5. The van der Waals surface area contributed by atoms with Gasteiger partial charge in [0, 0.05) is 17.4 Å². The van der Waals surface area contributed by atoms with Crippen LogP contribution in [0.4, 0.5) is 0 Å². The summed E-state index contributed by atoms with van der Waals surface area (Å²) >= 11 is 6.02. The largest absolute Gasteiger partial charge is 0.496 e. The Bertz CT molecular complexity index is 554. The number of hydrogen-bond acceptors (Lipinski definition) is 2. The van der Waals surface area contributed by atoms with E-state index in [9.17, 15) is 5.11 Å². The van der Waals surface area contributed by atoms with E-state index in [1.807, 2.05) is 49.4 Å². The van der Waals surface area contributed by atoms with Gasteiger partial charge < -0.3 is 9.84 Å². The van der Waals surface area contributed by atoms with Gasteiger partial charge in [0.15, 0.2) is 0 Å². The Labute approximate surface area is 125 Å². The number of benzene rings is 2. The van der Waals surface area contributed by atoms with Gasteiger partial charge in [0.1, 0.15) is 5.75 Å². The number of halogens is 1. The van der Waals surface area contributed by atoms with E-state index in [0.717, 1.165) is 16.9 Å². The van der Waals surface area contributed by atoms with Gasteiger partial charge in [-0.15, -0.1) is 0 Å². The zero-order valence-electron chi connectivity index (χ0n) is 11.7. The highest BCUT2D eigenvalue weighted by Crippen LogP contribution is 2.27. The maximum Gasteiger partial charge on any atom is 0.122 e. The lowest BCUT2D eigenvalue weighted by Crippen LogP contribution is -2.19.